The van der Waals surface area contributed by atoms with Gasteiger partial charge in [0, 0.05) is 24.1 Å². The highest BCUT2D eigenvalue weighted by molar-refractivity contribution is 7.13. The topological polar surface area (TPSA) is 69.0 Å². The van der Waals surface area contributed by atoms with Crippen molar-refractivity contribution in [1.29, 1.82) is 0 Å². The number of thiazole rings is 1. The summed E-state index contributed by atoms with van der Waals surface area (Å²) >= 11 is 1.39. The minimum absolute atomic E-state index is 0.288. The molecule has 4 aromatic rings. The van der Waals surface area contributed by atoms with Crippen molar-refractivity contribution >= 4 is 23.1 Å². The molecule has 2 aromatic heterocycles. The molecule has 1 amide bonds. The SMILES string of the molecule is COc1cccc(-c2csc(-c3cc(NC(=O)c4c(F)cccc4F)n(C)n3)n2)c1. The van der Waals surface area contributed by atoms with Gasteiger partial charge < -0.3 is 10.1 Å². The Morgan fingerprint density at radius 1 is 1.10 bits per heavy atom. The van der Waals surface area contributed by atoms with Gasteiger partial charge in [-0.1, -0.05) is 18.2 Å². The summed E-state index contributed by atoms with van der Waals surface area (Å²) in [7, 11) is 3.22. The quantitative estimate of drug-likeness (QED) is 0.500. The van der Waals surface area contributed by atoms with Crippen LogP contribution < -0.4 is 10.1 Å². The van der Waals surface area contributed by atoms with E-state index >= 15 is 0 Å². The molecule has 1 N–H and O–H groups in total. The fraction of sp³-hybridized carbons (Fsp3) is 0.0952. The number of carbonyl (C=O) groups excluding carboxylic acids is 1. The molecule has 6 nitrogen and oxygen atoms in total. The van der Waals surface area contributed by atoms with Gasteiger partial charge in [0.2, 0.25) is 0 Å². The van der Waals surface area contributed by atoms with E-state index in [0.717, 1.165) is 29.1 Å². The minimum atomic E-state index is -0.933. The van der Waals surface area contributed by atoms with Gasteiger partial charge in [0.05, 0.1) is 12.8 Å². The summed E-state index contributed by atoms with van der Waals surface area (Å²) in [6.07, 6.45) is 0. The lowest BCUT2D eigenvalue weighted by Crippen LogP contribution is -2.17. The highest BCUT2D eigenvalue weighted by Gasteiger charge is 2.19. The van der Waals surface area contributed by atoms with E-state index in [4.69, 9.17) is 4.74 Å². The van der Waals surface area contributed by atoms with E-state index in [9.17, 15) is 13.6 Å². The van der Waals surface area contributed by atoms with Crippen molar-refractivity contribution in [3.8, 4) is 27.7 Å². The normalized spacial score (nSPS) is 10.8. The standard InChI is InChI=1S/C21H16F2N4O2S/c1-27-18(25-20(28)19-14(22)7-4-8-15(19)23)10-16(26-27)21-24-17(11-30-21)12-5-3-6-13(9-12)29-2/h3-11H,1-2H3,(H,25,28). The molecule has 152 valence electrons. The molecular weight excluding hydrogens is 410 g/mol. The van der Waals surface area contributed by atoms with Gasteiger partial charge in [-0.05, 0) is 24.3 Å². The first-order valence-electron chi connectivity index (χ1n) is 8.86. The number of aromatic nitrogens is 3. The first-order valence-corrected chi connectivity index (χ1v) is 9.74. The van der Waals surface area contributed by atoms with Crippen LogP contribution in [0.5, 0.6) is 5.75 Å². The Bertz CT molecular complexity index is 1220. The summed E-state index contributed by atoms with van der Waals surface area (Å²) in [6, 6.07) is 12.4. The van der Waals surface area contributed by atoms with Crippen LogP contribution in [0.25, 0.3) is 22.0 Å². The van der Waals surface area contributed by atoms with Gasteiger partial charge in [-0.2, -0.15) is 5.10 Å². The van der Waals surface area contributed by atoms with E-state index in [0.29, 0.717) is 10.7 Å². The third-order valence-corrected chi connectivity index (χ3v) is 5.26. The van der Waals surface area contributed by atoms with Gasteiger partial charge >= 0.3 is 0 Å². The molecule has 0 saturated carbocycles. The number of halogens is 2. The number of methoxy groups -OCH3 is 1. The highest BCUT2D eigenvalue weighted by Crippen LogP contribution is 2.31. The largest absolute Gasteiger partial charge is 0.497 e. The summed E-state index contributed by atoms with van der Waals surface area (Å²) in [5, 5.41) is 9.38. The van der Waals surface area contributed by atoms with Crippen molar-refractivity contribution in [3.63, 3.8) is 0 Å². The predicted molar refractivity (Wildman–Crippen MR) is 111 cm³/mol. The van der Waals surface area contributed by atoms with Gasteiger partial charge in [0.1, 0.15) is 39.5 Å². The zero-order chi connectivity index (χ0) is 21.3. The molecule has 2 aromatic carbocycles. The van der Waals surface area contributed by atoms with Crippen LogP contribution in [0.2, 0.25) is 0 Å². The number of nitrogens with zero attached hydrogens (tertiary/aromatic N) is 3. The Hall–Kier alpha value is -3.59. The van der Waals surface area contributed by atoms with Crippen molar-refractivity contribution in [2.24, 2.45) is 7.05 Å². The summed E-state index contributed by atoms with van der Waals surface area (Å²) in [4.78, 5) is 16.9. The molecule has 0 unspecified atom stereocenters. The van der Waals surface area contributed by atoms with E-state index < -0.39 is 23.1 Å². The summed E-state index contributed by atoms with van der Waals surface area (Å²) < 4.78 is 34.4. The van der Waals surface area contributed by atoms with Crippen molar-refractivity contribution < 1.29 is 18.3 Å². The summed E-state index contributed by atoms with van der Waals surface area (Å²) in [6.45, 7) is 0. The number of carbonyl (C=O) groups is 1. The molecule has 4 rings (SSSR count). The summed E-state index contributed by atoms with van der Waals surface area (Å²) in [5.41, 5.74) is 1.55. The van der Waals surface area contributed by atoms with Crippen molar-refractivity contribution in [2.75, 3.05) is 12.4 Å². The lowest BCUT2D eigenvalue weighted by molar-refractivity contribution is 0.101. The Labute approximate surface area is 174 Å². The van der Waals surface area contributed by atoms with Crippen LogP contribution in [-0.4, -0.2) is 27.8 Å². The van der Waals surface area contributed by atoms with Crippen LogP contribution in [0.1, 0.15) is 10.4 Å². The zero-order valence-electron chi connectivity index (χ0n) is 16.0. The Kier molecular flexibility index (Phi) is 5.28. The Balaban J connectivity index is 1.59. The molecule has 0 bridgehead atoms. The number of aryl methyl sites for hydroxylation is 1. The van der Waals surface area contributed by atoms with Gasteiger partial charge in [0.15, 0.2) is 0 Å². The highest BCUT2D eigenvalue weighted by atomic mass is 32.1. The number of hydrogen-bond acceptors (Lipinski definition) is 5. The molecule has 0 saturated heterocycles. The molecule has 9 heteroatoms. The van der Waals surface area contributed by atoms with Gasteiger partial charge in [-0.3, -0.25) is 9.48 Å². The van der Waals surface area contributed by atoms with Gasteiger partial charge in [-0.25, -0.2) is 13.8 Å². The lowest BCUT2D eigenvalue weighted by Gasteiger charge is -2.06. The number of ether oxygens (including phenoxy) is 1. The molecule has 0 radical (unpaired) electrons. The molecule has 0 aliphatic carbocycles. The first-order chi connectivity index (χ1) is 14.5. The van der Waals surface area contributed by atoms with Gasteiger partial charge in [-0.15, -0.1) is 11.3 Å². The van der Waals surface area contributed by atoms with E-state index in [2.05, 4.69) is 15.4 Å². The minimum Gasteiger partial charge on any atom is -0.497 e. The van der Waals surface area contributed by atoms with Crippen molar-refractivity contribution in [2.45, 2.75) is 0 Å². The second-order valence-corrected chi connectivity index (χ2v) is 7.22. The van der Waals surface area contributed by atoms with Crippen LogP contribution in [0.3, 0.4) is 0 Å². The van der Waals surface area contributed by atoms with Gasteiger partial charge in [0.25, 0.3) is 5.91 Å². The van der Waals surface area contributed by atoms with Crippen LogP contribution in [-0.2, 0) is 7.05 Å². The maximum atomic E-state index is 13.9. The number of anilines is 1. The van der Waals surface area contributed by atoms with Crippen molar-refractivity contribution in [1.82, 2.24) is 14.8 Å². The molecule has 0 fully saturated rings. The van der Waals surface area contributed by atoms with E-state index in [1.165, 1.54) is 22.1 Å². The Morgan fingerprint density at radius 2 is 1.83 bits per heavy atom. The maximum absolute atomic E-state index is 13.9. The molecule has 0 aliphatic heterocycles. The molecule has 30 heavy (non-hydrogen) atoms. The zero-order valence-corrected chi connectivity index (χ0v) is 16.8. The summed E-state index contributed by atoms with van der Waals surface area (Å²) in [5.74, 6) is -1.74. The molecule has 0 spiro atoms. The van der Waals surface area contributed by atoms with E-state index in [1.807, 2.05) is 29.6 Å². The molecular formula is C21H16F2N4O2S. The average Bonchev–Trinajstić information content (AvgIpc) is 3.35. The van der Waals surface area contributed by atoms with Crippen LogP contribution in [0.4, 0.5) is 14.6 Å². The number of hydrogen-bond donors (Lipinski definition) is 1. The number of nitrogens with one attached hydrogen (secondary N) is 1. The third-order valence-electron chi connectivity index (χ3n) is 4.40. The molecule has 0 aliphatic rings. The molecule has 2 heterocycles. The number of benzene rings is 2. The number of amides is 1. The fourth-order valence-corrected chi connectivity index (χ4v) is 3.67. The van der Waals surface area contributed by atoms with E-state index in [-0.39, 0.29) is 5.82 Å². The predicted octanol–water partition coefficient (Wildman–Crippen LogP) is 4.75. The van der Waals surface area contributed by atoms with E-state index in [1.54, 1.807) is 20.2 Å². The monoisotopic (exact) mass is 426 g/mol. The van der Waals surface area contributed by atoms with Crippen LogP contribution in [0, 0.1) is 11.6 Å². The second kappa shape index (κ2) is 8.03. The van der Waals surface area contributed by atoms with Crippen LogP contribution >= 0.6 is 11.3 Å². The Morgan fingerprint density at radius 3 is 2.57 bits per heavy atom. The first kappa shape index (κ1) is 19.7. The maximum Gasteiger partial charge on any atom is 0.262 e. The fourth-order valence-electron chi connectivity index (χ4n) is 2.89. The smallest absolute Gasteiger partial charge is 0.262 e. The van der Waals surface area contributed by atoms with Crippen LogP contribution in [0.15, 0.2) is 53.9 Å². The molecule has 0 atom stereocenters. The van der Waals surface area contributed by atoms with Crippen molar-refractivity contribution in [3.05, 3.63) is 71.1 Å². The number of rotatable bonds is 5. The lowest BCUT2D eigenvalue weighted by atomic mass is 10.2. The average molecular weight is 426 g/mol. The third kappa shape index (κ3) is 3.79. The second-order valence-electron chi connectivity index (χ2n) is 6.36.